The predicted octanol–water partition coefficient (Wildman–Crippen LogP) is 0.375. The van der Waals surface area contributed by atoms with Gasteiger partial charge in [0.05, 0.1) is 13.2 Å². The smallest absolute Gasteiger partial charge is 0.354 e. The molecule has 116 valence electrons. The quantitative estimate of drug-likeness (QED) is 0.446. The van der Waals surface area contributed by atoms with Gasteiger partial charge in [0, 0.05) is 6.54 Å². The Balaban J connectivity index is 2.92. The lowest BCUT2D eigenvalue weighted by molar-refractivity contribution is -0.150. The molecule has 0 aromatic carbocycles. The van der Waals surface area contributed by atoms with Crippen molar-refractivity contribution in [3.05, 3.63) is 11.8 Å². The molecular weight excluding hydrogens is 276 g/mol. The van der Waals surface area contributed by atoms with E-state index in [1.807, 2.05) is 0 Å². The number of rotatable bonds is 5. The number of ether oxygens (including phenoxy) is 2. The normalized spacial score (nSPS) is 19.5. The lowest BCUT2D eigenvalue weighted by Gasteiger charge is -2.11. The van der Waals surface area contributed by atoms with Crippen LogP contribution >= 0.6 is 0 Å². The maximum Gasteiger partial charge on any atom is 0.354 e. The highest BCUT2D eigenvalue weighted by Gasteiger charge is 2.32. The minimum Gasteiger partial charge on any atom is -0.465 e. The number of nitrogens with zero attached hydrogens (tertiary/aromatic N) is 1. The first-order valence-corrected chi connectivity index (χ1v) is 6.90. The Morgan fingerprint density at radius 2 is 2.00 bits per heavy atom. The van der Waals surface area contributed by atoms with Gasteiger partial charge < -0.3 is 15.2 Å². The Labute approximate surface area is 123 Å². The highest BCUT2D eigenvalue weighted by atomic mass is 16.5. The predicted molar refractivity (Wildman–Crippen MR) is 75.6 cm³/mol. The van der Waals surface area contributed by atoms with Gasteiger partial charge in [0.1, 0.15) is 17.3 Å². The fourth-order valence-corrected chi connectivity index (χ4v) is 1.89. The average molecular weight is 296 g/mol. The summed E-state index contributed by atoms with van der Waals surface area (Å²) < 4.78 is 9.62. The summed E-state index contributed by atoms with van der Waals surface area (Å²) in [7, 11) is 0. The molecule has 2 N–H and O–H groups in total. The van der Waals surface area contributed by atoms with Gasteiger partial charge in [-0.3, -0.25) is 14.6 Å². The van der Waals surface area contributed by atoms with Crippen LogP contribution in [0, 0.1) is 5.92 Å². The number of carbonyl (C=O) groups excluding carboxylic acids is 3. The van der Waals surface area contributed by atoms with Crippen LogP contribution in [-0.4, -0.2) is 43.2 Å². The number of allylic oxidation sites excluding steroid dienone is 1. The zero-order chi connectivity index (χ0) is 15.8. The minimum absolute atomic E-state index is 0.0103. The summed E-state index contributed by atoms with van der Waals surface area (Å²) in [5.74, 6) is -2.65. The molecule has 7 heteroatoms. The van der Waals surface area contributed by atoms with Gasteiger partial charge >= 0.3 is 11.9 Å². The summed E-state index contributed by atoms with van der Waals surface area (Å²) in [5, 5.41) is 0. The Morgan fingerprint density at radius 1 is 1.33 bits per heavy atom. The third kappa shape index (κ3) is 4.70. The van der Waals surface area contributed by atoms with E-state index in [2.05, 4.69) is 4.99 Å². The van der Waals surface area contributed by atoms with Crippen LogP contribution in [0.1, 0.15) is 26.7 Å². The highest BCUT2D eigenvalue weighted by Crippen LogP contribution is 2.16. The van der Waals surface area contributed by atoms with Crippen molar-refractivity contribution in [2.75, 3.05) is 19.8 Å². The second-order valence-corrected chi connectivity index (χ2v) is 4.40. The maximum absolute atomic E-state index is 12.3. The van der Waals surface area contributed by atoms with E-state index in [0.29, 0.717) is 19.4 Å². The first-order valence-electron chi connectivity index (χ1n) is 6.90. The topological polar surface area (TPSA) is 108 Å². The van der Waals surface area contributed by atoms with Gasteiger partial charge in [0.25, 0.3) is 0 Å². The Hall–Kier alpha value is -2.18. The fraction of sp³-hybridized carbons (Fsp3) is 0.571. The summed E-state index contributed by atoms with van der Waals surface area (Å²) >= 11 is 0. The molecule has 0 aromatic heterocycles. The second-order valence-electron chi connectivity index (χ2n) is 4.40. The number of aliphatic imine (C=N–C) groups is 1. The Bertz CT molecular complexity index is 482. The number of hydrogen-bond acceptors (Lipinski definition) is 7. The first-order chi connectivity index (χ1) is 10.0. The summed E-state index contributed by atoms with van der Waals surface area (Å²) in [4.78, 5) is 39.6. The second kappa shape index (κ2) is 8.18. The molecular formula is C14H20N2O5. The summed E-state index contributed by atoms with van der Waals surface area (Å²) in [6, 6.07) is 0. The van der Waals surface area contributed by atoms with Crippen molar-refractivity contribution in [3.8, 4) is 0 Å². The van der Waals surface area contributed by atoms with Gasteiger partial charge in [-0.15, -0.1) is 0 Å². The summed E-state index contributed by atoms with van der Waals surface area (Å²) in [6.45, 7) is 4.10. The van der Waals surface area contributed by atoms with E-state index in [1.165, 1.54) is 0 Å². The molecule has 0 spiro atoms. The lowest BCUT2D eigenvalue weighted by atomic mass is 9.96. The van der Waals surface area contributed by atoms with Crippen molar-refractivity contribution >= 4 is 23.4 Å². The van der Waals surface area contributed by atoms with Crippen LogP contribution in [-0.2, 0) is 23.9 Å². The van der Waals surface area contributed by atoms with E-state index in [1.54, 1.807) is 13.8 Å². The number of esters is 2. The van der Waals surface area contributed by atoms with E-state index in [0.717, 1.165) is 6.08 Å². The van der Waals surface area contributed by atoms with E-state index in [9.17, 15) is 14.4 Å². The van der Waals surface area contributed by atoms with Gasteiger partial charge in [-0.1, -0.05) is 0 Å². The van der Waals surface area contributed by atoms with Crippen molar-refractivity contribution in [2.24, 2.45) is 16.6 Å². The molecule has 1 rings (SSSR count). The molecule has 1 atom stereocenters. The SMILES string of the molecule is CCOC(=O)C(N)=CC1=NCCCC(C(=O)OCC)C1=O. The van der Waals surface area contributed by atoms with Crippen molar-refractivity contribution in [1.82, 2.24) is 0 Å². The third-order valence-corrected chi connectivity index (χ3v) is 2.88. The van der Waals surface area contributed by atoms with Crippen LogP contribution in [0.5, 0.6) is 0 Å². The van der Waals surface area contributed by atoms with E-state index in [-0.39, 0.29) is 24.6 Å². The van der Waals surface area contributed by atoms with Crippen molar-refractivity contribution in [2.45, 2.75) is 26.7 Å². The monoisotopic (exact) mass is 296 g/mol. The molecule has 1 heterocycles. The molecule has 0 radical (unpaired) electrons. The average Bonchev–Trinajstić information content (AvgIpc) is 2.62. The minimum atomic E-state index is -0.891. The van der Waals surface area contributed by atoms with Crippen LogP contribution in [0.15, 0.2) is 16.8 Å². The number of Topliss-reactive ketones (excluding diaryl/α,β-unsaturated/α-hetero) is 1. The molecule has 1 unspecified atom stereocenters. The van der Waals surface area contributed by atoms with Gasteiger partial charge in [0.15, 0.2) is 5.78 Å². The number of ketones is 1. The Morgan fingerprint density at radius 3 is 2.62 bits per heavy atom. The Kier molecular flexibility index (Phi) is 6.58. The summed E-state index contributed by atoms with van der Waals surface area (Å²) in [6.07, 6.45) is 2.13. The molecule has 7 nitrogen and oxygen atoms in total. The third-order valence-electron chi connectivity index (χ3n) is 2.88. The van der Waals surface area contributed by atoms with Gasteiger partial charge in [-0.25, -0.2) is 4.79 Å². The molecule has 0 fully saturated rings. The molecule has 0 aromatic rings. The largest absolute Gasteiger partial charge is 0.465 e. The highest BCUT2D eigenvalue weighted by molar-refractivity contribution is 6.47. The van der Waals surface area contributed by atoms with Gasteiger partial charge in [-0.05, 0) is 32.8 Å². The molecule has 0 aliphatic carbocycles. The standard InChI is InChI=1S/C14H20N2O5/c1-3-20-13(18)9-6-5-7-16-11(12(9)17)8-10(15)14(19)21-4-2/h8-9H,3-7,15H2,1-2H3. The molecule has 0 amide bonds. The van der Waals surface area contributed by atoms with Gasteiger partial charge in [-0.2, -0.15) is 0 Å². The maximum atomic E-state index is 12.3. The van der Waals surface area contributed by atoms with Crippen molar-refractivity contribution < 1.29 is 23.9 Å². The van der Waals surface area contributed by atoms with Crippen LogP contribution in [0.3, 0.4) is 0 Å². The molecule has 1 aliphatic rings. The van der Waals surface area contributed by atoms with Crippen molar-refractivity contribution in [3.63, 3.8) is 0 Å². The number of hydrogen-bond donors (Lipinski definition) is 1. The molecule has 1 aliphatic heterocycles. The molecule has 0 saturated heterocycles. The fourth-order valence-electron chi connectivity index (χ4n) is 1.89. The van der Waals surface area contributed by atoms with Gasteiger partial charge in [0.2, 0.25) is 0 Å². The van der Waals surface area contributed by atoms with Crippen LogP contribution in [0.25, 0.3) is 0 Å². The first kappa shape index (κ1) is 16.9. The molecule has 0 saturated carbocycles. The lowest BCUT2D eigenvalue weighted by Crippen LogP contribution is -2.31. The van der Waals surface area contributed by atoms with E-state index >= 15 is 0 Å². The zero-order valence-electron chi connectivity index (χ0n) is 12.3. The number of carbonyl (C=O) groups is 3. The van der Waals surface area contributed by atoms with E-state index in [4.69, 9.17) is 15.2 Å². The van der Waals surface area contributed by atoms with E-state index < -0.39 is 23.6 Å². The van der Waals surface area contributed by atoms with Crippen molar-refractivity contribution in [1.29, 1.82) is 0 Å². The van der Waals surface area contributed by atoms with Crippen LogP contribution in [0.4, 0.5) is 0 Å². The zero-order valence-corrected chi connectivity index (χ0v) is 12.3. The summed E-state index contributed by atoms with van der Waals surface area (Å²) in [5.41, 5.74) is 5.36. The van der Waals surface area contributed by atoms with Crippen LogP contribution < -0.4 is 5.73 Å². The van der Waals surface area contributed by atoms with Crippen LogP contribution in [0.2, 0.25) is 0 Å². The molecule has 0 bridgehead atoms. The number of nitrogens with two attached hydrogens (primary N) is 1. The molecule has 21 heavy (non-hydrogen) atoms.